The number of rotatable bonds is 6. The Bertz CT molecular complexity index is 448. The summed E-state index contributed by atoms with van der Waals surface area (Å²) in [6, 6.07) is 12.0. The lowest BCUT2D eigenvalue weighted by molar-refractivity contribution is -0.128. The Hall–Kier alpha value is -1.86. The molecule has 0 fully saturated rings. The lowest BCUT2D eigenvalue weighted by atomic mass is 9.92. The lowest BCUT2D eigenvalue weighted by Crippen LogP contribution is -2.42. The first kappa shape index (κ1) is 15.2. The molecule has 1 aromatic rings. The Labute approximate surface area is 114 Å². The van der Waals surface area contributed by atoms with Crippen molar-refractivity contribution in [3.8, 4) is 6.07 Å². The summed E-state index contributed by atoms with van der Waals surface area (Å²) in [7, 11) is 1.63. The molecular formula is C15H21N3O. The molecule has 1 atom stereocenters. The zero-order valence-corrected chi connectivity index (χ0v) is 11.7. The predicted molar refractivity (Wildman–Crippen MR) is 75.5 cm³/mol. The molecule has 4 heteroatoms. The number of nitrogens with one attached hydrogen (secondary N) is 2. The number of benzene rings is 1. The number of hydrogen-bond acceptors (Lipinski definition) is 3. The monoisotopic (exact) mass is 259 g/mol. The molecule has 4 nitrogen and oxygen atoms in total. The van der Waals surface area contributed by atoms with Crippen molar-refractivity contribution in [1.82, 2.24) is 10.6 Å². The molecule has 0 saturated carbocycles. The molecule has 19 heavy (non-hydrogen) atoms. The summed E-state index contributed by atoms with van der Waals surface area (Å²) in [5, 5.41) is 15.0. The summed E-state index contributed by atoms with van der Waals surface area (Å²) >= 11 is 0. The van der Waals surface area contributed by atoms with Crippen molar-refractivity contribution in [2.75, 3.05) is 20.1 Å². The van der Waals surface area contributed by atoms with E-state index < -0.39 is 5.41 Å². The first-order valence-electron chi connectivity index (χ1n) is 6.38. The Balaban J connectivity index is 2.52. The van der Waals surface area contributed by atoms with Gasteiger partial charge in [-0.25, -0.2) is 0 Å². The van der Waals surface area contributed by atoms with E-state index in [0.717, 1.165) is 5.56 Å². The first-order valence-corrected chi connectivity index (χ1v) is 6.38. The van der Waals surface area contributed by atoms with Crippen LogP contribution in [0.4, 0.5) is 0 Å². The fourth-order valence-corrected chi connectivity index (χ4v) is 1.87. The van der Waals surface area contributed by atoms with E-state index in [2.05, 4.69) is 16.7 Å². The topological polar surface area (TPSA) is 64.9 Å². The van der Waals surface area contributed by atoms with Crippen LogP contribution in [0.5, 0.6) is 0 Å². The predicted octanol–water partition coefficient (Wildman–Crippen LogP) is 1.66. The Morgan fingerprint density at radius 2 is 2.00 bits per heavy atom. The van der Waals surface area contributed by atoms with Crippen LogP contribution in [0.2, 0.25) is 0 Å². The third-order valence-corrected chi connectivity index (χ3v) is 3.11. The van der Waals surface area contributed by atoms with Crippen molar-refractivity contribution in [3.63, 3.8) is 0 Å². The highest BCUT2D eigenvalue weighted by Gasteiger charge is 2.26. The molecule has 2 N–H and O–H groups in total. The molecule has 0 aromatic heterocycles. The highest BCUT2D eigenvalue weighted by atomic mass is 16.2. The van der Waals surface area contributed by atoms with Gasteiger partial charge in [0.2, 0.25) is 5.91 Å². The average Bonchev–Trinajstić information content (AvgIpc) is 2.43. The molecule has 1 aromatic carbocycles. The highest BCUT2D eigenvalue weighted by Crippen LogP contribution is 2.16. The maximum atomic E-state index is 11.6. The number of carbonyl (C=O) groups is 1. The minimum Gasteiger partial charge on any atom is -0.359 e. The molecule has 0 aliphatic carbocycles. The van der Waals surface area contributed by atoms with Gasteiger partial charge < -0.3 is 10.6 Å². The summed E-state index contributed by atoms with van der Waals surface area (Å²) in [6.07, 6.45) is 0. The standard InChI is InChI=1S/C15H21N3O/c1-15(2,14(19)17-3)11-18-10-13(9-16)12-7-5-4-6-8-12/h4-8,13,18H,10-11H2,1-3H3,(H,17,19). The molecule has 0 saturated heterocycles. The van der Waals surface area contributed by atoms with Crippen LogP contribution in [0.3, 0.4) is 0 Å². The molecule has 0 radical (unpaired) electrons. The van der Waals surface area contributed by atoms with Crippen LogP contribution in [0.25, 0.3) is 0 Å². The van der Waals surface area contributed by atoms with Crippen LogP contribution in [-0.4, -0.2) is 26.0 Å². The molecule has 1 amide bonds. The van der Waals surface area contributed by atoms with Crippen molar-refractivity contribution < 1.29 is 4.79 Å². The fraction of sp³-hybridized carbons (Fsp3) is 0.467. The van der Waals surface area contributed by atoms with E-state index in [-0.39, 0.29) is 11.8 Å². The fourth-order valence-electron chi connectivity index (χ4n) is 1.87. The van der Waals surface area contributed by atoms with E-state index in [1.54, 1.807) is 7.05 Å². The summed E-state index contributed by atoms with van der Waals surface area (Å²) < 4.78 is 0. The normalized spacial score (nSPS) is 12.5. The van der Waals surface area contributed by atoms with Gasteiger partial charge in [-0.2, -0.15) is 5.26 Å². The minimum atomic E-state index is -0.481. The van der Waals surface area contributed by atoms with Crippen LogP contribution >= 0.6 is 0 Å². The molecule has 0 spiro atoms. The average molecular weight is 259 g/mol. The van der Waals surface area contributed by atoms with E-state index in [4.69, 9.17) is 0 Å². The molecule has 0 aliphatic heterocycles. The van der Waals surface area contributed by atoms with Crippen LogP contribution < -0.4 is 10.6 Å². The SMILES string of the molecule is CNC(=O)C(C)(C)CNCC(C#N)c1ccccc1. The van der Waals surface area contributed by atoms with Crippen molar-refractivity contribution in [2.24, 2.45) is 5.41 Å². The van der Waals surface area contributed by atoms with E-state index in [1.165, 1.54) is 0 Å². The van der Waals surface area contributed by atoms with Crippen LogP contribution in [0, 0.1) is 16.7 Å². The third kappa shape index (κ3) is 4.38. The van der Waals surface area contributed by atoms with E-state index >= 15 is 0 Å². The largest absolute Gasteiger partial charge is 0.359 e. The maximum absolute atomic E-state index is 11.6. The summed E-state index contributed by atoms with van der Waals surface area (Å²) in [4.78, 5) is 11.6. The van der Waals surface area contributed by atoms with E-state index in [1.807, 2.05) is 44.2 Å². The quantitative estimate of drug-likeness (QED) is 0.816. The van der Waals surface area contributed by atoms with E-state index in [9.17, 15) is 10.1 Å². The summed E-state index contributed by atoms with van der Waals surface area (Å²) in [5.41, 5.74) is 0.515. The van der Waals surface area contributed by atoms with Crippen molar-refractivity contribution in [1.29, 1.82) is 5.26 Å². The van der Waals surface area contributed by atoms with Crippen molar-refractivity contribution in [3.05, 3.63) is 35.9 Å². The van der Waals surface area contributed by atoms with Gasteiger partial charge in [0, 0.05) is 20.1 Å². The number of amides is 1. The molecule has 0 aliphatic rings. The third-order valence-electron chi connectivity index (χ3n) is 3.11. The van der Waals surface area contributed by atoms with Gasteiger partial charge in [0.1, 0.15) is 0 Å². The van der Waals surface area contributed by atoms with Crippen LogP contribution in [0.1, 0.15) is 25.3 Å². The minimum absolute atomic E-state index is 0.00628. The van der Waals surface area contributed by atoms with Gasteiger partial charge >= 0.3 is 0 Å². The molecule has 102 valence electrons. The van der Waals surface area contributed by atoms with Crippen molar-refractivity contribution >= 4 is 5.91 Å². The summed E-state index contributed by atoms with van der Waals surface area (Å²) in [6.45, 7) is 4.84. The molecule has 0 bridgehead atoms. The molecule has 1 rings (SSSR count). The number of nitrogens with zero attached hydrogens (tertiary/aromatic N) is 1. The Kier molecular flexibility index (Phi) is 5.53. The van der Waals surface area contributed by atoms with Gasteiger partial charge in [0.25, 0.3) is 0 Å². The first-order chi connectivity index (χ1) is 9.01. The smallest absolute Gasteiger partial charge is 0.226 e. The van der Waals surface area contributed by atoms with Crippen LogP contribution in [-0.2, 0) is 4.79 Å². The number of hydrogen-bond donors (Lipinski definition) is 2. The zero-order valence-electron chi connectivity index (χ0n) is 11.7. The summed E-state index contributed by atoms with van der Waals surface area (Å²) in [5.74, 6) is -0.199. The number of carbonyl (C=O) groups excluding carboxylic acids is 1. The second kappa shape index (κ2) is 6.91. The maximum Gasteiger partial charge on any atom is 0.226 e. The van der Waals surface area contributed by atoms with Gasteiger partial charge in [0.05, 0.1) is 17.4 Å². The second-order valence-electron chi connectivity index (χ2n) is 5.19. The molecular weight excluding hydrogens is 238 g/mol. The van der Waals surface area contributed by atoms with Gasteiger partial charge in [-0.3, -0.25) is 4.79 Å². The van der Waals surface area contributed by atoms with Gasteiger partial charge in [0.15, 0.2) is 0 Å². The van der Waals surface area contributed by atoms with E-state index in [0.29, 0.717) is 13.1 Å². The second-order valence-corrected chi connectivity index (χ2v) is 5.19. The van der Waals surface area contributed by atoms with Gasteiger partial charge in [-0.15, -0.1) is 0 Å². The Morgan fingerprint density at radius 1 is 1.37 bits per heavy atom. The Morgan fingerprint density at radius 3 is 2.53 bits per heavy atom. The van der Waals surface area contributed by atoms with Crippen molar-refractivity contribution in [2.45, 2.75) is 19.8 Å². The zero-order chi connectivity index (χ0) is 14.3. The van der Waals surface area contributed by atoms with Gasteiger partial charge in [-0.1, -0.05) is 30.3 Å². The van der Waals surface area contributed by atoms with Gasteiger partial charge in [-0.05, 0) is 19.4 Å². The highest BCUT2D eigenvalue weighted by molar-refractivity contribution is 5.81. The lowest BCUT2D eigenvalue weighted by Gasteiger charge is -2.23. The molecule has 0 heterocycles. The molecule has 1 unspecified atom stereocenters. The van der Waals surface area contributed by atoms with Crippen LogP contribution in [0.15, 0.2) is 30.3 Å². The number of nitriles is 1.